The molecule has 0 aliphatic heterocycles. The highest BCUT2D eigenvalue weighted by Crippen LogP contribution is 2.22. The molecule has 0 aliphatic carbocycles. The number of benzene rings is 2. The fourth-order valence-corrected chi connectivity index (χ4v) is 2.43. The van der Waals surface area contributed by atoms with E-state index in [0.29, 0.717) is 17.9 Å². The summed E-state index contributed by atoms with van der Waals surface area (Å²) in [5, 5.41) is 13.3. The molecule has 1 amide bonds. The summed E-state index contributed by atoms with van der Waals surface area (Å²) < 4.78 is 18.7. The summed E-state index contributed by atoms with van der Waals surface area (Å²) in [6.07, 6.45) is 1.89. The monoisotopic (exact) mass is 441 g/mol. The molecule has 1 heterocycles. The summed E-state index contributed by atoms with van der Waals surface area (Å²) >= 11 is 0. The third kappa shape index (κ3) is 8.91. The normalized spacial score (nSPS) is 9.41. The summed E-state index contributed by atoms with van der Waals surface area (Å²) in [5.74, 6) is 0.152. The summed E-state index contributed by atoms with van der Waals surface area (Å²) in [7, 11) is 0. The number of nitro groups is 1. The van der Waals surface area contributed by atoms with Crippen LogP contribution in [0.3, 0.4) is 0 Å². The molecule has 0 radical (unpaired) electrons. The van der Waals surface area contributed by atoms with Gasteiger partial charge in [-0.25, -0.2) is 9.37 Å². The largest absolute Gasteiger partial charge is 0.439 e. The van der Waals surface area contributed by atoms with Gasteiger partial charge in [0.05, 0.1) is 4.92 Å². The first-order valence-corrected chi connectivity index (χ1v) is 10.4. The minimum Gasteiger partial charge on any atom is -0.439 e. The highest BCUT2D eigenvalue weighted by molar-refractivity contribution is 5.90. The second-order valence-corrected chi connectivity index (χ2v) is 5.92. The summed E-state index contributed by atoms with van der Waals surface area (Å²) in [6.45, 7) is 8.00. The minimum atomic E-state index is -0.532. The van der Waals surface area contributed by atoms with E-state index in [0.717, 1.165) is 11.8 Å². The maximum absolute atomic E-state index is 13.1. The van der Waals surface area contributed by atoms with Crippen LogP contribution >= 0.6 is 0 Å². The Balaban J connectivity index is 0.00000121. The molecule has 0 saturated carbocycles. The van der Waals surface area contributed by atoms with Gasteiger partial charge in [0.25, 0.3) is 5.69 Å². The van der Waals surface area contributed by atoms with E-state index in [4.69, 9.17) is 4.74 Å². The molecule has 0 saturated heterocycles. The van der Waals surface area contributed by atoms with Gasteiger partial charge in [-0.1, -0.05) is 45.9 Å². The van der Waals surface area contributed by atoms with Crippen molar-refractivity contribution in [3.05, 3.63) is 88.4 Å². The number of anilines is 1. The number of nitrogens with one attached hydrogen (secondary N) is 1. The Morgan fingerprint density at radius 1 is 1.06 bits per heavy atom. The Hall–Kier alpha value is -3.81. The van der Waals surface area contributed by atoms with Crippen LogP contribution in [0, 0.1) is 15.9 Å². The first-order chi connectivity index (χ1) is 15.5. The third-order valence-electron chi connectivity index (χ3n) is 3.83. The van der Waals surface area contributed by atoms with Crippen LogP contribution < -0.4 is 10.1 Å². The van der Waals surface area contributed by atoms with E-state index in [1.807, 2.05) is 39.8 Å². The maximum atomic E-state index is 13.1. The number of carbonyl (C=O) groups excluding carboxylic acids is 1. The van der Waals surface area contributed by atoms with Crippen LogP contribution in [-0.2, 0) is 11.2 Å². The lowest BCUT2D eigenvalue weighted by atomic mass is 10.1. The molecule has 8 heteroatoms. The lowest BCUT2D eigenvalue weighted by molar-refractivity contribution is -0.385. The maximum Gasteiger partial charge on any atom is 0.287 e. The Bertz CT molecular complexity index is 977. The van der Waals surface area contributed by atoms with E-state index in [1.54, 1.807) is 18.2 Å². The van der Waals surface area contributed by atoms with Crippen LogP contribution in [0.1, 0.15) is 39.7 Å². The van der Waals surface area contributed by atoms with Crippen LogP contribution in [0.4, 0.5) is 15.8 Å². The SMILES string of the molecule is CC.CC.O=C(CCc1ccc(Oc2ccc([N+](=O)[O-])cn2)cc1)Nc1cccc(F)c1. The van der Waals surface area contributed by atoms with Crippen molar-refractivity contribution in [2.75, 3.05) is 5.32 Å². The van der Waals surface area contributed by atoms with Gasteiger partial charge >= 0.3 is 0 Å². The topological polar surface area (TPSA) is 94.4 Å². The molecule has 0 unspecified atom stereocenters. The van der Waals surface area contributed by atoms with Gasteiger partial charge in [0.2, 0.25) is 11.8 Å². The fraction of sp³-hybridized carbons (Fsp3) is 0.250. The van der Waals surface area contributed by atoms with Crippen molar-refractivity contribution in [2.45, 2.75) is 40.5 Å². The highest BCUT2D eigenvalue weighted by atomic mass is 19.1. The molecule has 0 aliphatic rings. The molecular weight excluding hydrogens is 413 g/mol. The summed E-state index contributed by atoms with van der Waals surface area (Å²) in [4.78, 5) is 25.9. The van der Waals surface area contributed by atoms with Crippen LogP contribution in [-0.4, -0.2) is 15.8 Å². The summed E-state index contributed by atoms with van der Waals surface area (Å²) in [5.41, 5.74) is 1.24. The number of aromatic nitrogens is 1. The van der Waals surface area contributed by atoms with Gasteiger partial charge in [0, 0.05) is 24.2 Å². The summed E-state index contributed by atoms with van der Waals surface area (Å²) in [6, 6.07) is 15.5. The zero-order chi connectivity index (χ0) is 23.9. The van der Waals surface area contributed by atoms with E-state index in [-0.39, 0.29) is 23.9 Å². The Labute approximate surface area is 187 Å². The predicted molar refractivity (Wildman–Crippen MR) is 123 cm³/mol. The molecule has 1 N–H and O–H groups in total. The Morgan fingerprint density at radius 2 is 1.75 bits per heavy atom. The lowest BCUT2D eigenvalue weighted by Crippen LogP contribution is -2.12. The third-order valence-corrected chi connectivity index (χ3v) is 3.83. The number of nitrogens with zero attached hydrogens (tertiary/aromatic N) is 2. The van der Waals surface area contributed by atoms with Gasteiger partial charge < -0.3 is 10.1 Å². The van der Waals surface area contributed by atoms with E-state index in [2.05, 4.69) is 10.3 Å². The van der Waals surface area contributed by atoms with Crippen LogP contribution in [0.2, 0.25) is 0 Å². The fourth-order valence-electron chi connectivity index (χ4n) is 2.43. The number of carbonyl (C=O) groups is 1. The van der Waals surface area contributed by atoms with E-state index < -0.39 is 10.7 Å². The van der Waals surface area contributed by atoms with Gasteiger partial charge in [0.15, 0.2) is 0 Å². The van der Waals surface area contributed by atoms with Crippen molar-refractivity contribution in [1.82, 2.24) is 4.98 Å². The van der Waals surface area contributed by atoms with Gasteiger partial charge in [-0.3, -0.25) is 14.9 Å². The highest BCUT2D eigenvalue weighted by Gasteiger charge is 2.07. The van der Waals surface area contributed by atoms with Crippen molar-refractivity contribution in [3.63, 3.8) is 0 Å². The number of aryl methyl sites for hydroxylation is 1. The molecule has 170 valence electrons. The zero-order valence-corrected chi connectivity index (χ0v) is 18.7. The quantitative estimate of drug-likeness (QED) is 0.332. The van der Waals surface area contributed by atoms with Crippen molar-refractivity contribution in [2.24, 2.45) is 0 Å². The number of amides is 1. The molecule has 0 atom stereocenters. The van der Waals surface area contributed by atoms with Gasteiger partial charge in [0.1, 0.15) is 17.8 Å². The molecule has 2 aromatic carbocycles. The average Bonchev–Trinajstić information content (AvgIpc) is 2.82. The molecule has 32 heavy (non-hydrogen) atoms. The molecule has 3 aromatic rings. The van der Waals surface area contributed by atoms with Crippen molar-refractivity contribution >= 4 is 17.3 Å². The zero-order valence-electron chi connectivity index (χ0n) is 18.7. The van der Waals surface area contributed by atoms with Gasteiger partial charge in [-0.05, 0) is 42.3 Å². The number of hydrogen-bond donors (Lipinski definition) is 1. The first kappa shape index (κ1) is 26.2. The molecule has 0 fully saturated rings. The number of pyridine rings is 1. The molecule has 3 rings (SSSR count). The smallest absolute Gasteiger partial charge is 0.287 e. The van der Waals surface area contributed by atoms with Crippen LogP contribution in [0.25, 0.3) is 0 Å². The Kier molecular flexibility index (Phi) is 11.7. The molecular formula is C24H28FN3O4. The number of ether oxygens (including phenoxy) is 1. The van der Waals surface area contributed by atoms with E-state index in [9.17, 15) is 19.3 Å². The van der Waals surface area contributed by atoms with Crippen molar-refractivity contribution in [1.29, 1.82) is 0 Å². The van der Waals surface area contributed by atoms with Crippen LogP contribution in [0.5, 0.6) is 11.6 Å². The number of halogens is 1. The molecule has 0 spiro atoms. The van der Waals surface area contributed by atoms with Crippen LogP contribution in [0.15, 0.2) is 66.9 Å². The molecule has 1 aromatic heterocycles. The number of rotatable bonds is 7. The van der Waals surface area contributed by atoms with Gasteiger partial charge in [-0.2, -0.15) is 0 Å². The average molecular weight is 442 g/mol. The van der Waals surface area contributed by atoms with Crippen molar-refractivity contribution < 1.29 is 18.8 Å². The second-order valence-electron chi connectivity index (χ2n) is 5.92. The van der Waals surface area contributed by atoms with E-state index >= 15 is 0 Å². The molecule has 0 bridgehead atoms. The Morgan fingerprint density at radius 3 is 2.31 bits per heavy atom. The standard InChI is InChI=1S/C20H16FN3O4.2C2H6/c21-15-2-1-3-16(12-15)23-19(25)10-6-14-4-8-18(9-5-14)28-20-11-7-17(13-22-20)24(26)27;2*1-2/h1-5,7-9,11-13H,6,10H2,(H,23,25);2*1-2H3. The lowest BCUT2D eigenvalue weighted by Gasteiger charge is -2.07. The predicted octanol–water partition coefficient (Wildman–Crippen LogP) is 6.54. The van der Waals surface area contributed by atoms with E-state index in [1.165, 1.54) is 30.3 Å². The van der Waals surface area contributed by atoms with Gasteiger partial charge in [-0.15, -0.1) is 0 Å². The molecule has 7 nitrogen and oxygen atoms in total. The minimum absolute atomic E-state index is 0.112. The number of hydrogen-bond acceptors (Lipinski definition) is 5. The first-order valence-electron chi connectivity index (χ1n) is 10.4. The second kappa shape index (κ2) is 14.2. The van der Waals surface area contributed by atoms with Crippen molar-refractivity contribution in [3.8, 4) is 11.6 Å².